The van der Waals surface area contributed by atoms with Crippen LogP contribution in [0.1, 0.15) is 59.3 Å². The van der Waals surface area contributed by atoms with Crippen molar-refractivity contribution in [2.75, 3.05) is 45.8 Å². The van der Waals surface area contributed by atoms with Crippen LogP contribution in [0.15, 0.2) is 0 Å². The number of nitrogens with zero attached hydrogens (tertiary/aromatic N) is 2. The number of carbonyl (C=O) groups excluding carboxylic acids is 2. The van der Waals surface area contributed by atoms with Gasteiger partial charge in [-0.15, -0.1) is 0 Å². The van der Waals surface area contributed by atoms with Gasteiger partial charge in [0.05, 0.1) is 13.1 Å². The topological polar surface area (TPSA) is 64.7 Å². The average Bonchev–Trinajstić information content (AvgIpc) is 2.58. The van der Waals surface area contributed by atoms with E-state index in [1.54, 1.807) is 0 Å². The maximum absolute atomic E-state index is 12.1. The Morgan fingerprint density at radius 3 is 2.04 bits per heavy atom. The summed E-state index contributed by atoms with van der Waals surface area (Å²) < 4.78 is 0. The fourth-order valence-electron chi connectivity index (χ4n) is 3.22. The molecule has 1 atom stereocenters. The van der Waals surface area contributed by atoms with Crippen LogP contribution in [0.25, 0.3) is 0 Å². The summed E-state index contributed by atoms with van der Waals surface area (Å²) in [5.41, 5.74) is 0. The highest BCUT2D eigenvalue weighted by atomic mass is 16.2. The summed E-state index contributed by atoms with van der Waals surface area (Å²) in [6, 6.07) is 0.360. The van der Waals surface area contributed by atoms with Crippen LogP contribution in [0.3, 0.4) is 0 Å². The number of piperazine rings is 1. The molecule has 2 amide bonds. The fourth-order valence-corrected chi connectivity index (χ4v) is 3.22. The SMILES string of the molecule is CCCCNC(=O)CN1CCN(CC(=O)NCCCC)C(CCC)C1. The van der Waals surface area contributed by atoms with E-state index in [4.69, 9.17) is 0 Å². The molecule has 1 aliphatic rings. The Kier molecular flexibility index (Phi) is 11.5. The maximum atomic E-state index is 12.1. The molecule has 1 aliphatic heterocycles. The second kappa shape index (κ2) is 13.1. The van der Waals surface area contributed by atoms with Gasteiger partial charge < -0.3 is 10.6 Å². The van der Waals surface area contributed by atoms with Gasteiger partial charge in [0.25, 0.3) is 0 Å². The summed E-state index contributed by atoms with van der Waals surface area (Å²) in [6.07, 6.45) is 6.41. The Morgan fingerprint density at radius 2 is 1.48 bits per heavy atom. The standard InChI is InChI=1S/C19H38N4O2/c1-4-7-10-20-18(24)15-22-12-13-23(17(14-22)9-6-3)16-19(25)21-11-8-5-2/h17H,4-16H2,1-3H3,(H,20,24)(H,21,25). The zero-order valence-electron chi connectivity index (χ0n) is 16.5. The van der Waals surface area contributed by atoms with Crippen LogP contribution in [0.2, 0.25) is 0 Å². The van der Waals surface area contributed by atoms with E-state index in [1.165, 1.54) is 0 Å². The first-order valence-corrected chi connectivity index (χ1v) is 10.1. The highest BCUT2D eigenvalue weighted by Gasteiger charge is 2.28. The smallest absolute Gasteiger partial charge is 0.234 e. The molecule has 1 rings (SSSR count). The Bertz CT molecular complexity index is 390. The van der Waals surface area contributed by atoms with E-state index in [0.717, 1.165) is 71.2 Å². The fraction of sp³-hybridized carbons (Fsp3) is 0.895. The first-order chi connectivity index (χ1) is 12.1. The minimum Gasteiger partial charge on any atom is -0.355 e. The van der Waals surface area contributed by atoms with Gasteiger partial charge in [-0.25, -0.2) is 0 Å². The highest BCUT2D eigenvalue weighted by molar-refractivity contribution is 5.78. The summed E-state index contributed by atoms with van der Waals surface area (Å²) in [5, 5.41) is 6.00. The van der Waals surface area contributed by atoms with Crippen LogP contribution < -0.4 is 10.6 Å². The van der Waals surface area contributed by atoms with Gasteiger partial charge in [-0.1, -0.05) is 40.0 Å². The Morgan fingerprint density at radius 1 is 0.880 bits per heavy atom. The third kappa shape index (κ3) is 9.21. The molecular weight excluding hydrogens is 316 g/mol. The van der Waals surface area contributed by atoms with E-state index >= 15 is 0 Å². The first kappa shape index (κ1) is 21.9. The number of nitrogens with one attached hydrogen (secondary N) is 2. The zero-order valence-corrected chi connectivity index (χ0v) is 16.5. The molecule has 0 spiro atoms. The van der Waals surface area contributed by atoms with E-state index in [9.17, 15) is 9.59 Å². The Balaban J connectivity index is 2.41. The molecule has 0 aromatic rings. The normalized spacial score (nSPS) is 18.9. The average molecular weight is 355 g/mol. The molecule has 2 N–H and O–H groups in total. The third-order valence-corrected chi connectivity index (χ3v) is 4.73. The van der Waals surface area contributed by atoms with Crippen molar-refractivity contribution in [3.05, 3.63) is 0 Å². The van der Waals surface area contributed by atoms with Crippen LogP contribution in [0.5, 0.6) is 0 Å². The van der Waals surface area contributed by atoms with Crippen molar-refractivity contribution >= 4 is 11.8 Å². The van der Waals surface area contributed by atoms with Gasteiger partial charge in [0.2, 0.25) is 11.8 Å². The van der Waals surface area contributed by atoms with Crippen molar-refractivity contribution < 1.29 is 9.59 Å². The number of amides is 2. The lowest BCUT2D eigenvalue weighted by atomic mass is 10.1. The number of unbranched alkanes of at least 4 members (excludes halogenated alkanes) is 2. The van der Waals surface area contributed by atoms with Crippen LogP contribution in [0, 0.1) is 0 Å². The van der Waals surface area contributed by atoms with Gasteiger partial charge in [0, 0.05) is 38.8 Å². The highest BCUT2D eigenvalue weighted by Crippen LogP contribution is 2.14. The van der Waals surface area contributed by atoms with Crippen LogP contribution in [0.4, 0.5) is 0 Å². The Labute approximate surface area is 153 Å². The number of carbonyl (C=O) groups is 2. The quantitative estimate of drug-likeness (QED) is 0.523. The maximum Gasteiger partial charge on any atom is 0.234 e. The summed E-state index contributed by atoms with van der Waals surface area (Å²) >= 11 is 0. The molecule has 0 bridgehead atoms. The molecule has 6 heteroatoms. The molecule has 146 valence electrons. The summed E-state index contributed by atoms with van der Waals surface area (Å²) in [6.45, 7) is 11.5. The van der Waals surface area contributed by atoms with E-state index in [0.29, 0.717) is 19.1 Å². The van der Waals surface area contributed by atoms with Gasteiger partial charge in [-0.05, 0) is 19.3 Å². The van der Waals surface area contributed by atoms with Gasteiger partial charge >= 0.3 is 0 Å². The van der Waals surface area contributed by atoms with Crippen molar-refractivity contribution in [1.29, 1.82) is 0 Å². The molecule has 25 heavy (non-hydrogen) atoms. The number of rotatable bonds is 12. The molecule has 0 aliphatic carbocycles. The predicted octanol–water partition coefficient (Wildman–Crippen LogP) is 1.61. The summed E-state index contributed by atoms with van der Waals surface area (Å²) in [7, 11) is 0. The van der Waals surface area contributed by atoms with Crippen molar-refractivity contribution in [3.63, 3.8) is 0 Å². The third-order valence-electron chi connectivity index (χ3n) is 4.73. The molecule has 0 aromatic heterocycles. The largest absolute Gasteiger partial charge is 0.355 e. The van der Waals surface area contributed by atoms with E-state index in [2.05, 4.69) is 41.2 Å². The summed E-state index contributed by atoms with van der Waals surface area (Å²) in [4.78, 5) is 28.7. The van der Waals surface area contributed by atoms with Crippen LogP contribution in [-0.4, -0.2) is 73.5 Å². The monoisotopic (exact) mass is 354 g/mol. The Hall–Kier alpha value is -1.14. The lowest BCUT2D eigenvalue weighted by Gasteiger charge is -2.41. The van der Waals surface area contributed by atoms with E-state index in [-0.39, 0.29) is 11.8 Å². The van der Waals surface area contributed by atoms with Crippen molar-refractivity contribution in [2.24, 2.45) is 0 Å². The van der Waals surface area contributed by atoms with E-state index < -0.39 is 0 Å². The molecule has 1 fully saturated rings. The van der Waals surface area contributed by atoms with Gasteiger partial charge in [0.15, 0.2) is 0 Å². The predicted molar refractivity (Wildman–Crippen MR) is 103 cm³/mol. The minimum absolute atomic E-state index is 0.120. The molecule has 6 nitrogen and oxygen atoms in total. The van der Waals surface area contributed by atoms with Gasteiger partial charge in [0.1, 0.15) is 0 Å². The van der Waals surface area contributed by atoms with E-state index in [1.807, 2.05) is 0 Å². The second-order valence-electron chi connectivity index (χ2n) is 7.06. The molecule has 1 saturated heterocycles. The molecule has 1 unspecified atom stereocenters. The van der Waals surface area contributed by atoms with Gasteiger partial charge in [-0.3, -0.25) is 19.4 Å². The second-order valence-corrected chi connectivity index (χ2v) is 7.06. The first-order valence-electron chi connectivity index (χ1n) is 10.1. The number of hydrogen-bond donors (Lipinski definition) is 2. The zero-order chi connectivity index (χ0) is 18.5. The van der Waals surface area contributed by atoms with Crippen LogP contribution in [-0.2, 0) is 9.59 Å². The molecular formula is C19H38N4O2. The molecule has 0 radical (unpaired) electrons. The molecule has 0 aromatic carbocycles. The van der Waals surface area contributed by atoms with Crippen LogP contribution >= 0.6 is 0 Å². The van der Waals surface area contributed by atoms with Gasteiger partial charge in [-0.2, -0.15) is 0 Å². The van der Waals surface area contributed by atoms with Crippen molar-refractivity contribution in [3.8, 4) is 0 Å². The molecule has 1 heterocycles. The van der Waals surface area contributed by atoms with Crippen molar-refractivity contribution in [1.82, 2.24) is 20.4 Å². The lowest BCUT2D eigenvalue weighted by Crippen LogP contribution is -2.56. The minimum atomic E-state index is 0.120. The summed E-state index contributed by atoms with van der Waals surface area (Å²) in [5.74, 6) is 0.245. The lowest BCUT2D eigenvalue weighted by molar-refractivity contribution is -0.126. The van der Waals surface area contributed by atoms with Crippen molar-refractivity contribution in [2.45, 2.75) is 65.3 Å². The number of hydrogen-bond acceptors (Lipinski definition) is 4. The molecule has 0 saturated carbocycles.